The zero-order valence-electron chi connectivity index (χ0n) is 14.3. The van der Waals surface area contributed by atoms with E-state index in [-0.39, 0.29) is 6.54 Å². The van der Waals surface area contributed by atoms with E-state index < -0.39 is 17.6 Å². The number of rotatable bonds is 7. The Bertz CT molecular complexity index is 791. The lowest BCUT2D eigenvalue weighted by Gasteiger charge is -2.11. The summed E-state index contributed by atoms with van der Waals surface area (Å²) in [6.07, 6.45) is 0. The molecule has 0 unspecified atom stereocenters. The van der Waals surface area contributed by atoms with E-state index in [9.17, 15) is 14.9 Å². The van der Waals surface area contributed by atoms with Gasteiger partial charge in [-0.2, -0.15) is 5.26 Å². The third-order valence-electron chi connectivity index (χ3n) is 3.76. The van der Waals surface area contributed by atoms with Gasteiger partial charge in [0.2, 0.25) is 5.91 Å². The molecule has 0 saturated heterocycles. The molecule has 0 heterocycles. The van der Waals surface area contributed by atoms with Crippen LogP contribution in [0.3, 0.4) is 0 Å². The molecule has 0 aromatic heterocycles. The Balaban J connectivity index is 2.06. The molecular formula is C20H20N2O3. The van der Waals surface area contributed by atoms with Crippen LogP contribution in [0.1, 0.15) is 27.0 Å². The summed E-state index contributed by atoms with van der Waals surface area (Å²) >= 11 is 0. The fourth-order valence-corrected chi connectivity index (χ4v) is 2.38. The number of hydrogen-bond donors (Lipinski definition) is 1. The minimum atomic E-state index is -1.37. The van der Waals surface area contributed by atoms with E-state index in [1.165, 1.54) is 0 Å². The van der Waals surface area contributed by atoms with Crippen LogP contribution in [0, 0.1) is 24.2 Å². The third kappa shape index (κ3) is 5.00. The number of aryl methyl sites for hydroxylation is 1. The van der Waals surface area contributed by atoms with Crippen LogP contribution in [0.25, 0.3) is 0 Å². The van der Waals surface area contributed by atoms with Gasteiger partial charge in [-0.05, 0) is 24.1 Å². The fraction of sp³-hybridized carbons (Fsp3) is 0.250. The second kappa shape index (κ2) is 8.76. The minimum absolute atomic E-state index is 0.272. The number of carbonyl (C=O) groups excluding carboxylic acids is 2. The summed E-state index contributed by atoms with van der Waals surface area (Å²) in [5.74, 6) is -2.48. The van der Waals surface area contributed by atoms with E-state index in [2.05, 4.69) is 5.32 Å². The van der Waals surface area contributed by atoms with E-state index in [0.717, 1.165) is 16.7 Å². The molecule has 0 bridgehead atoms. The highest BCUT2D eigenvalue weighted by molar-refractivity contribution is 6.12. The molecule has 0 saturated carbocycles. The molecule has 0 aliphatic carbocycles. The topological polar surface area (TPSA) is 79.2 Å². The Kier molecular flexibility index (Phi) is 6.44. The first kappa shape index (κ1) is 18.4. The summed E-state index contributed by atoms with van der Waals surface area (Å²) in [5.41, 5.74) is 3.16. The number of methoxy groups -OCH3 is 1. The Morgan fingerprint density at radius 2 is 1.88 bits per heavy atom. The van der Waals surface area contributed by atoms with E-state index in [1.807, 2.05) is 37.3 Å². The van der Waals surface area contributed by atoms with Crippen LogP contribution in [-0.2, 0) is 22.7 Å². The molecule has 1 atom stereocenters. The number of amides is 1. The van der Waals surface area contributed by atoms with Crippen molar-refractivity contribution in [3.8, 4) is 6.07 Å². The Labute approximate surface area is 147 Å². The number of ketones is 1. The largest absolute Gasteiger partial charge is 0.380 e. The van der Waals surface area contributed by atoms with Gasteiger partial charge in [0.05, 0.1) is 12.7 Å². The van der Waals surface area contributed by atoms with Crippen LogP contribution in [0.4, 0.5) is 0 Å². The molecule has 0 aliphatic heterocycles. The van der Waals surface area contributed by atoms with Gasteiger partial charge in [0, 0.05) is 19.2 Å². The second-order valence-electron chi connectivity index (χ2n) is 5.76. The molecule has 0 fully saturated rings. The number of carbonyl (C=O) groups is 2. The maximum absolute atomic E-state index is 12.5. The quantitative estimate of drug-likeness (QED) is 0.623. The van der Waals surface area contributed by atoms with Gasteiger partial charge < -0.3 is 10.1 Å². The van der Waals surface area contributed by atoms with Crippen LogP contribution in [0.2, 0.25) is 0 Å². The summed E-state index contributed by atoms with van der Waals surface area (Å²) in [5, 5.41) is 11.9. The van der Waals surface area contributed by atoms with Crippen molar-refractivity contribution in [2.75, 3.05) is 7.11 Å². The molecule has 5 nitrogen and oxygen atoms in total. The predicted octanol–water partition coefficient (Wildman–Crippen LogP) is 2.78. The maximum Gasteiger partial charge on any atom is 0.245 e. The van der Waals surface area contributed by atoms with Crippen molar-refractivity contribution in [1.29, 1.82) is 5.26 Å². The van der Waals surface area contributed by atoms with Crippen molar-refractivity contribution in [2.24, 2.45) is 5.92 Å². The normalized spacial score (nSPS) is 11.4. The summed E-state index contributed by atoms with van der Waals surface area (Å²) in [6, 6.07) is 16.2. The average Bonchev–Trinajstić information content (AvgIpc) is 2.62. The van der Waals surface area contributed by atoms with E-state index in [0.29, 0.717) is 12.2 Å². The number of Topliss-reactive ketones (excluding diaryl/α,β-unsaturated/α-hetero) is 1. The third-order valence-corrected chi connectivity index (χ3v) is 3.76. The van der Waals surface area contributed by atoms with Crippen molar-refractivity contribution >= 4 is 11.7 Å². The summed E-state index contributed by atoms with van der Waals surface area (Å²) in [7, 11) is 1.56. The van der Waals surface area contributed by atoms with Gasteiger partial charge in [-0.15, -0.1) is 0 Å². The average molecular weight is 336 g/mol. The van der Waals surface area contributed by atoms with Gasteiger partial charge in [-0.25, -0.2) is 0 Å². The van der Waals surface area contributed by atoms with Crippen LogP contribution < -0.4 is 5.32 Å². The van der Waals surface area contributed by atoms with Gasteiger partial charge in [-0.3, -0.25) is 9.59 Å². The first-order valence-corrected chi connectivity index (χ1v) is 7.90. The molecule has 1 N–H and O–H groups in total. The van der Waals surface area contributed by atoms with Crippen molar-refractivity contribution < 1.29 is 14.3 Å². The van der Waals surface area contributed by atoms with E-state index >= 15 is 0 Å². The summed E-state index contributed by atoms with van der Waals surface area (Å²) in [4.78, 5) is 24.8. The first-order chi connectivity index (χ1) is 12.0. The van der Waals surface area contributed by atoms with Crippen molar-refractivity contribution in [1.82, 2.24) is 5.32 Å². The Hall–Kier alpha value is -2.97. The highest BCUT2D eigenvalue weighted by Gasteiger charge is 2.27. The number of nitriles is 1. The van der Waals surface area contributed by atoms with Crippen LogP contribution in [-0.4, -0.2) is 18.8 Å². The Morgan fingerprint density at radius 1 is 1.16 bits per heavy atom. The van der Waals surface area contributed by atoms with Gasteiger partial charge in [0.15, 0.2) is 11.7 Å². The lowest BCUT2D eigenvalue weighted by molar-refractivity contribution is -0.122. The van der Waals surface area contributed by atoms with Crippen molar-refractivity contribution in [2.45, 2.75) is 20.1 Å². The molecule has 0 aliphatic rings. The molecule has 2 rings (SSSR count). The van der Waals surface area contributed by atoms with Crippen LogP contribution in [0.15, 0.2) is 48.5 Å². The van der Waals surface area contributed by atoms with Crippen molar-refractivity contribution in [3.05, 3.63) is 70.8 Å². The lowest BCUT2D eigenvalue weighted by Crippen LogP contribution is -2.34. The van der Waals surface area contributed by atoms with Crippen LogP contribution in [0.5, 0.6) is 0 Å². The summed E-state index contributed by atoms with van der Waals surface area (Å²) in [6.45, 7) is 2.61. The second-order valence-corrected chi connectivity index (χ2v) is 5.76. The van der Waals surface area contributed by atoms with Crippen LogP contribution >= 0.6 is 0 Å². The lowest BCUT2D eigenvalue weighted by atomic mass is 9.96. The smallest absolute Gasteiger partial charge is 0.245 e. The number of nitrogens with one attached hydrogen (secondary N) is 1. The minimum Gasteiger partial charge on any atom is -0.380 e. The van der Waals surface area contributed by atoms with E-state index in [4.69, 9.17) is 4.74 Å². The van der Waals surface area contributed by atoms with E-state index in [1.54, 1.807) is 31.4 Å². The fourth-order valence-electron chi connectivity index (χ4n) is 2.38. The highest BCUT2D eigenvalue weighted by atomic mass is 16.5. The Morgan fingerprint density at radius 3 is 2.52 bits per heavy atom. The summed E-state index contributed by atoms with van der Waals surface area (Å²) < 4.78 is 5.04. The van der Waals surface area contributed by atoms with Gasteiger partial charge in [-0.1, -0.05) is 48.0 Å². The first-order valence-electron chi connectivity index (χ1n) is 7.90. The van der Waals surface area contributed by atoms with Crippen molar-refractivity contribution in [3.63, 3.8) is 0 Å². The number of hydrogen-bond acceptors (Lipinski definition) is 4. The standard InChI is InChI=1S/C20H20N2O3/c1-14-6-8-15(9-7-14)12-22-20(24)18(11-21)19(23)17-5-3-4-16(10-17)13-25-2/h3-10,18H,12-13H2,1-2H3,(H,22,24)/t18-/m0/s1. The molecule has 25 heavy (non-hydrogen) atoms. The van der Waals surface area contributed by atoms with Gasteiger partial charge in [0.1, 0.15) is 0 Å². The predicted molar refractivity (Wildman–Crippen MR) is 93.6 cm³/mol. The zero-order chi connectivity index (χ0) is 18.2. The van der Waals surface area contributed by atoms with Gasteiger partial charge >= 0.3 is 0 Å². The highest BCUT2D eigenvalue weighted by Crippen LogP contribution is 2.13. The maximum atomic E-state index is 12.5. The molecule has 2 aromatic carbocycles. The number of nitrogens with zero attached hydrogens (tertiary/aromatic N) is 1. The molecule has 1 amide bonds. The zero-order valence-corrected chi connectivity index (χ0v) is 14.3. The molecule has 5 heteroatoms. The molecular weight excluding hydrogens is 316 g/mol. The van der Waals surface area contributed by atoms with Gasteiger partial charge in [0.25, 0.3) is 0 Å². The monoisotopic (exact) mass is 336 g/mol. The molecule has 128 valence electrons. The number of benzene rings is 2. The molecule has 0 radical (unpaired) electrons. The molecule has 0 spiro atoms. The number of ether oxygens (including phenoxy) is 1. The molecule has 2 aromatic rings. The SMILES string of the molecule is COCc1cccc(C(=O)[C@H](C#N)C(=O)NCc2ccc(C)cc2)c1.